The molecule has 0 spiro atoms. The predicted molar refractivity (Wildman–Crippen MR) is 85.2 cm³/mol. The Kier molecular flexibility index (Phi) is 6.83. The summed E-state index contributed by atoms with van der Waals surface area (Å²) in [5, 5.41) is 3.36. The van der Waals surface area contributed by atoms with Crippen molar-refractivity contribution in [2.24, 2.45) is 5.92 Å². The molecule has 3 nitrogen and oxygen atoms in total. The summed E-state index contributed by atoms with van der Waals surface area (Å²) in [5.41, 5.74) is 1.23. The summed E-state index contributed by atoms with van der Waals surface area (Å²) < 4.78 is 12.1. The van der Waals surface area contributed by atoms with E-state index in [2.05, 4.69) is 33.4 Å². The number of hydrogen-bond acceptors (Lipinski definition) is 3. The van der Waals surface area contributed by atoms with E-state index < -0.39 is 0 Å². The Hall–Kier alpha value is -0.580. The summed E-state index contributed by atoms with van der Waals surface area (Å²) in [6.07, 6.45) is 5.37. The first-order chi connectivity index (χ1) is 9.79. The topological polar surface area (TPSA) is 30.5 Å². The molecule has 0 bridgehead atoms. The lowest BCUT2D eigenvalue weighted by molar-refractivity contribution is 0.199. The van der Waals surface area contributed by atoms with Crippen molar-refractivity contribution in [2.45, 2.75) is 32.2 Å². The molecular formula is C16H24BrNO2. The molecule has 0 amide bonds. The molecule has 0 unspecified atom stereocenters. The van der Waals surface area contributed by atoms with Gasteiger partial charge in [-0.15, -0.1) is 0 Å². The summed E-state index contributed by atoms with van der Waals surface area (Å²) in [6.45, 7) is 3.27. The number of rotatable bonds is 8. The van der Waals surface area contributed by atoms with Crippen molar-refractivity contribution in [2.75, 3.05) is 26.9 Å². The van der Waals surface area contributed by atoms with Crippen LogP contribution in [0.15, 0.2) is 22.7 Å². The van der Waals surface area contributed by atoms with E-state index in [0.717, 1.165) is 42.4 Å². The molecule has 1 N–H and O–H groups in total. The maximum absolute atomic E-state index is 5.94. The molecule has 0 aromatic heterocycles. The highest BCUT2D eigenvalue weighted by molar-refractivity contribution is 9.10. The van der Waals surface area contributed by atoms with Gasteiger partial charge in [0.15, 0.2) is 0 Å². The second-order valence-corrected chi connectivity index (χ2v) is 6.24. The minimum absolute atomic E-state index is 0.732. The molecule has 1 saturated carbocycles. The average Bonchev–Trinajstić information content (AvgIpc) is 2.97. The van der Waals surface area contributed by atoms with E-state index in [9.17, 15) is 0 Å². The van der Waals surface area contributed by atoms with Gasteiger partial charge in [0.25, 0.3) is 0 Å². The highest BCUT2D eigenvalue weighted by atomic mass is 79.9. The Morgan fingerprint density at radius 1 is 1.30 bits per heavy atom. The summed E-state index contributed by atoms with van der Waals surface area (Å²) in [6, 6.07) is 6.23. The first-order valence-electron chi connectivity index (χ1n) is 7.40. The fraction of sp³-hybridized carbons (Fsp3) is 0.625. The van der Waals surface area contributed by atoms with E-state index in [-0.39, 0.29) is 0 Å². The minimum atomic E-state index is 0.732. The quantitative estimate of drug-likeness (QED) is 0.730. The molecule has 112 valence electrons. The van der Waals surface area contributed by atoms with E-state index in [4.69, 9.17) is 9.47 Å². The van der Waals surface area contributed by atoms with Gasteiger partial charge in [0, 0.05) is 24.7 Å². The van der Waals surface area contributed by atoms with Crippen molar-refractivity contribution in [1.29, 1.82) is 0 Å². The second-order valence-electron chi connectivity index (χ2n) is 5.38. The molecule has 4 heteroatoms. The largest absolute Gasteiger partial charge is 0.493 e. The number of halogens is 1. The van der Waals surface area contributed by atoms with E-state index >= 15 is 0 Å². The Bertz CT molecular complexity index is 405. The number of methoxy groups -OCH3 is 1. The molecule has 0 radical (unpaired) electrons. The summed E-state index contributed by atoms with van der Waals surface area (Å²) in [5.74, 6) is 1.73. The van der Waals surface area contributed by atoms with Gasteiger partial charge in [0.1, 0.15) is 5.75 Å². The zero-order chi connectivity index (χ0) is 14.2. The zero-order valence-electron chi connectivity index (χ0n) is 12.2. The maximum Gasteiger partial charge on any atom is 0.119 e. The first-order valence-corrected chi connectivity index (χ1v) is 8.20. The third-order valence-electron chi connectivity index (χ3n) is 3.78. The molecule has 1 aliphatic rings. The van der Waals surface area contributed by atoms with Crippen LogP contribution in [-0.2, 0) is 11.3 Å². The van der Waals surface area contributed by atoms with Crippen molar-refractivity contribution >= 4 is 15.9 Å². The van der Waals surface area contributed by atoms with Crippen molar-refractivity contribution in [3.8, 4) is 5.75 Å². The number of nitrogens with one attached hydrogen (secondary N) is 1. The highest BCUT2D eigenvalue weighted by Gasteiger charge is 2.15. The summed E-state index contributed by atoms with van der Waals surface area (Å²) >= 11 is 3.59. The third-order valence-corrected chi connectivity index (χ3v) is 4.55. The maximum atomic E-state index is 5.94. The molecule has 0 aliphatic heterocycles. The van der Waals surface area contributed by atoms with Crippen molar-refractivity contribution in [3.63, 3.8) is 0 Å². The Labute approximate surface area is 130 Å². The van der Waals surface area contributed by atoms with Gasteiger partial charge in [0.2, 0.25) is 0 Å². The molecule has 1 aromatic carbocycles. The highest BCUT2D eigenvalue weighted by Crippen LogP contribution is 2.27. The van der Waals surface area contributed by atoms with Crippen LogP contribution in [0.3, 0.4) is 0 Å². The average molecular weight is 342 g/mol. The van der Waals surface area contributed by atoms with E-state index in [0.29, 0.717) is 0 Å². The van der Waals surface area contributed by atoms with Crippen LogP contribution >= 0.6 is 15.9 Å². The van der Waals surface area contributed by atoms with E-state index in [1.165, 1.54) is 31.2 Å². The van der Waals surface area contributed by atoms with E-state index in [1.807, 2.05) is 6.07 Å². The summed E-state index contributed by atoms with van der Waals surface area (Å²) in [4.78, 5) is 0. The van der Waals surface area contributed by atoms with Gasteiger partial charge in [-0.3, -0.25) is 0 Å². The first kappa shape index (κ1) is 15.8. The third kappa shape index (κ3) is 5.08. The van der Waals surface area contributed by atoms with Gasteiger partial charge in [-0.25, -0.2) is 0 Å². The Morgan fingerprint density at radius 2 is 2.10 bits per heavy atom. The van der Waals surface area contributed by atoms with Crippen LogP contribution in [-0.4, -0.2) is 26.9 Å². The fourth-order valence-corrected chi connectivity index (χ4v) is 2.95. The van der Waals surface area contributed by atoms with E-state index in [1.54, 1.807) is 7.11 Å². The lowest BCUT2D eigenvalue weighted by Gasteiger charge is -2.13. The van der Waals surface area contributed by atoms with Gasteiger partial charge < -0.3 is 14.8 Å². The molecule has 0 saturated heterocycles. The second kappa shape index (κ2) is 8.65. The molecule has 1 aliphatic carbocycles. The lowest BCUT2D eigenvalue weighted by atomic mass is 10.1. The van der Waals surface area contributed by atoms with Crippen LogP contribution < -0.4 is 10.1 Å². The number of ether oxygens (including phenoxy) is 2. The zero-order valence-corrected chi connectivity index (χ0v) is 13.7. The predicted octanol–water partition coefficient (Wildman–Crippen LogP) is 3.75. The minimum Gasteiger partial charge on any atom is -0.493 e. The SMILES string of the molecule is COCCNCc1cc(OCC2CCCC2)ccc1Br. The van der Waals surface area contributed by atoms with Gasteiger partial charge in [0.05, 0.1) is 13.2 Å². The molecule has 0 atom stereocenters. The van der Waals surface area contributed by atoms with Crippen molar-refractivity contribution in [3.05, 3.63) is 28.2 Å². The van der Waals surface area contributed by atoms with Crippen molar-refractivity contribution < 1.29 is 9.47 Å². The molecule has 20 heavy (non-hydrogen) atoms. The Balaban J connectivity index is 1.83. The monoisotopic (exact) mass is 341 g/mol. The normalized spacial score (nSPS) is 15.7. The van der Waals surface area contributed by atoms with Crippen LogP contribution in [0.1, 0.15) is 31.2 Å². The molecule has 1 fully saturated rings. The van der Waals surface area contributed by atoms with Gasteiger partial charge in [-0.2, -0.15) is 0 Å². The van der Waals surface area contributed by atoms with Crippen LogP contribution in [0, 0.1) is 5.92 Å². The number of benzene rings is 1. The standard InChI is InChI=1S/C16H24BrNO2/c1-19-9-8-18-11-14-10-15(6-7-16(14)17)20-12-13-4-2-3-5-13/h6-7,10,13,18H,2-5,8-9,11-12H2,1H3. The molecule has 1 aromatic rings. The van der Waals surface area contributed by atoms with Crippen LogP contribution in [0.4, 0.5) is 0 Å². The van der Waals surface area contributed by atoms with Crippen LogP contribution in [0.2, 0.25) is 0 Å². The lowest BCUT2D eigenvalue weighted by Crippen LogP contribution is -2.18. The van der Waals surface area contributed by atoms with Crippen LogP contribution in [0.25, 0.3) is 0 Å². The summed E-state index contributed by atoms with van der Waals surface area (Å²) in [7, 11) is 1.72. The van der Waals surface area contributed by atoms with Crippen LogP contribution in [0.5, 0.6) is 5.75 Å². The van der Waals surface area contributed by atoms with Crippen molar-refractivity contribution in [1.82, 2.24) is 5.32 Å². The molecule has 2 rings (SSSR count). The number of hydrogen-bond donors (Lipinski definition) is 1. The van der Waals surface area contributed by atoms with Gasteiger partial charge >= 0.3 is 0 Å². The molecule has 0 heterocycles. The smallest absolute Gasteiger partial charge is 0.119 e. The molecular weight excluding hydrogens is 318 g/mol. The van der Waals surface area contributed by atoms with Gasteiger partial charge in [-0.05, 0) is 42.5 Å². The Morgan fingerprint density at radius 3 is 2.85 bits per heavy atom. The fourth-order valence-electron chi connectivity index (χ4n) is 2.56. The van der Waals surface area contributed by atoms with Gasteiger partial charge in [-0.1, -0.05) is 28.8 Å².